The highest BCUT2D eigenvalue weighted by Gasteiger charge is 2.70. The number of halogens is 1. The number of allylic oxidation sites excluding steroid dienone is 2. The number of nitrogens with zero attached hydrogens (tertiary/aromatic N) is 2. The Hall–Kier alpha value is -4.27. The van der Waals surface area contributed by atoms with Gasteiger partial charge < -0.3 is 9.84 Å². The fourth-order valence-corrected chi connectivity index (χ4v) is 8.94. The molecule has 8 nitrogen and oxygen atoms in total. The Morgan fingerprint density at radius 2 is 1.62 bits per heavy atom. The summed E-state index contributed by atoms with van der Waals surface area (Å²) in [5.41, 5.74) is 0.494. The topological polar surface area (TPSA) is 104 Å². The monoisotopic (exact) mass is 652 g/mol. The third-order valence-electron chi connectivity index (χ3n) is 10.4. The van der Waals surface area contributed by atoms with E-state index in [9.17, 15) is 19.5 Å². The maximum atomic E-state index is 15.3. The van der Waals surface area contributed by atoms with Crippen molar-refractivity contribution < 1.29 is 29.0 Å². The highest BCUT2D eigenvalue weighted by molar-refractivity contribution is 6.32. The number of benzene rings is 3. The highest BCUT2D eigenvalue weighted by atomic mass is 35.5. The molecule has 6 unspecified atom stereocenters. The molecule has 2 aliphatic heterocycles. The molecule has 0 spiro atoms. The van der Waals surface area contributed by atoms with E-state index >= 15 is 4.79 Å². The molecule has 242 valence electrons. The van der Waals surface area contributed by atoms with E-state index in [0.717, 1.165) is 5.57 Å². The van der Waals surface area contributed by atoms with Gasteiger partial charge in [-0.15, -0.1) is 0 Å². The SMILES string of the molecule is CC(C)(C)N1C(=O)C2CC=C3C(CC4C(=O)N(c5cccc(Cl)c5)C(=O)C4(c4ccccc4)C3c3ccccc3OCCO)C2C1=O. The Bertz CT molecular complexity index is 1820. The van der Waals surface area contributed by atoms with Gasteiger partial charge in [-0.3, -0.25) is 24.1 Å². The Kier molecular flexibility index (Phi) is 7.64. The summed E-state index contributed by atoms with van der Waals surface area (Å²) in [6, 6.07) is 23.5. The van der Waals surface area contributed by atoms with E-state index in [2.05, 4.69) is 0 Å². The Balaban J connectivity index is 1.50. The van der Waals surface area contributed by atoms with Crippen LogP contribution in [-0.4, -0.2) is 52.4 Å². The quantitative estimate of drug-likeness (QED) is 0.272. The molecule has 0 radical (unpaired) electrons. The van der Waals surface area contributed by atoms with E-state index in [0.29, 0.717) is 34.0 Å². The van der Waals surface area contributed by atoms with Gasteiger partial charge in [-0.25, -0.2) is 4.90 Å². The summed E-state index contributed by atoms with van der Waals surface area (Å²) in [5.74, 6) is -3.94. The molecule has 7 rings (SSSR count). The van der Waals surface area contributed by atoms with E-state index in [1.807, 2.05) is 75.4 Å². The van der Waals surface area contributed by atoms with Crippen molar-refractivity contribution in [1.29, 1.82) is 0 Å². The molecular formula is C38H37ClN2O6. The third-order valence-corrected chi connectivity index (χ3v) is 10.7. The molecular weight excluding hydrogens is 616 g/mol. The normalized spacial score (nSPS) is 28.6. The number of hydrogen-bond donors (Lipinski definition) is 1. The number of carbonyl (C=O) groups is 4. The second-order valence-electron chi connectivity index (χ2n) is 13.9. The van der Waals surface area contributed by atoms with E-state index in [1.54, 1.807) is 30.3 Å². The van der Waals surface area contributed by atoms with Crippen LogP contribution in [0, 0.1) is 23.7 Å². The first-order valence-electron chi connectivity index (χ1n) is 16.1. The van der Waals surface area contributed by atoms with Gasteiger partial charge in [0.25, 0.3) is 0 Å². The summed E-state index contributed by atoms with van der Waals surface area (Å²) in [6.07, 6.45) is 2.60. The summed E-state index contributed by atoms with van der Waals surface area (Å²) in [7, 11) is 0. The number of imide groups is 2. The largest absolute Gasteiger partial charge is 0.491 e. The number of anilines is 1. The maximum Gasteiger partial charge on any atom is 0.246 e. The van der Waals surface area contributed by atoms with Crippen LogP contribution in [0.4, 0.5) is 5.69 Å². The van der Waals surface area contributed by atoms with Crippen molar-refractivity contribution in [3.05, 3.63) is 107 Å². The molecule has 2 heterocycles. The van der Waals surface area contributed by atoms with Crippen LogP contribution in [0.3, 0.4) is 0 Å². The zero-order valence-corrected chi connectivity index (χ0v) is 27.3. The lowest BCUT2D eigenvalue weighted by atomic mass is 9.49. The number of hydrogen-bond acceptors (Lipinski definition) is 6. The van der Waals surface area contributed by atoms with Crippen LogP contribution < -0.4 is 9.64 Å². The maximum absolute atomic E-state index is 15.3. The fourth-order valence-electron chi connectivity index (χ4n) is 8.76. The first kappa shape index (κ1) is 31.3. The lowest BCUT2D eigenvalue weighted by Crippen LogP contribution is -2.53. The average Bonchev–Trinajstić information content (AvgIpc) is 3.45. The predicted molar refractivity (Wildman–Crippen MR) is 177 cm³/mol. The smallest absolute Gasteiger partial charge is 0.246 e. The predicted octanol–water partition coefficient (Wildman–Crippen LogP) is 5.67. The number of aliphatic hydroxyl groups is 1. The third kappa shape index (κ3) is 4.59. The molecule has 4 aliphatic rings. The average molecular weight is 653 g/mol. The highest BCUT2D eigenvalue weighted by Crippen LogP contribution is 2.65. The first-order chi connectivity index (χ1) is 22.5. The Morgan fingerprint density at radius 3 is 2.32 bits per heavy atom. The lowest BCUT2D eigenvalue weighted by Gasteiger charge is -2.51. The van der Waals surface area contributed by atoms with Gasteiger partial charge in [-0.05, 0) is 69.4 Å². The van der Waals surface area contributed by atoms with Crippen LogP contribution in [0.1, 0.15) is 50.7 Å². The number of aliphatic hydroxyl groups excluding tert-OH is 1. The molecule has 3 aromatic rings. The number of fused-ring (bicyclic) bond motifs is 4. The molecule has 1 saturated carbocycles. The molecule has 3 aromatic carbocycles. The molecule has 1 N–H and O–H groups in total. The molecule has 2 aliphatic carbocycles. The van der Waals surface area contributed by atoms with Crippen molar-refractivity contribution in [2.45, 2.75) is 50.5 Å². The fraction of sp³-hybridized carbons (Fsp3) is 0.368. The van der Waals surface area contributed by atoms with Crippen LogP contribution in [0.2, 0.25) is 5.02 Å². The Morgan fingerprint density at radius 1 is 0.894 bits per heavy atom. The lowest BCUT2D eigenvalue weighted by molar-refractivity contribution is -0.145. The van der Waals surface area contributed by atoms with E-state index in [1.165, 1.54) is 9.80 Å². The minimum absolute atomic E-state index is 0.0354. The molecule has 6 atom stereocenters. The second kappa shape index (κ2) is 11.5. The zero-order chi connectivity index (χ0) is 33.2. The molecule has 3 fully saturated rings. The van der Waals surface area contributed by atoms with E-state index < -0.39 is 40.5 Å². The number of para-hydroxylation sites is 1. The van der Waals surface area contributed by atoms with E-state index in [4.69, 9.17) is 16.3 Å². The Labute approximate surface area is 279 Å². The molecule has 2 saturated heterocycles. The number of ether oxygens (including phenoxy) is 1. The van der Waals surface area contributed by atoms with Gasteiger partial charge in [-0.1, -0.05) is 77.8 Å². The zero-order valence-electron chi connectivity index (χ0n) is 26.6. The minimum atomic E-state index is -1.40. The first-order valence-corrected chi connectivity index (χ1v) is 16.5. The van der Waals surface area contributed by atoms with Crippen molar-refractivity contribution in [2.75, 3.05) is 18.1 Å². The van der Waals surface area contributed by atoms with Gasteiger partial charge in [0.05, 0.1) is 35.5 Å². The second-order valence-corrected chi connectivity index (χ2v) is 14.3. The van der Waals surface area contributed by atoms with Gasteiger partial charge in [-0.2, -0.15) is 0 Å². The van der Waals surface area contributed by atoms with Crippen LogP contribution in [0.15, 0.2) is 90.5 Å². The van der Waals surface area contributed by atoms with Crippen molar-refractivity contribution in [3.63, 3.8) is 0 Å². The standard InChI is InChI=1S/C38H37ClN2O6/c1-37(2,3)41-33(43)27-17-16-25-28(31(27)35(41)45)21-29-34(44)40(24-13-9-12-23(39)20-24)36(46)38(29,22-10-5-4-6-11-22)32(25)26-14-7-8-15-30(26)47-19-18-42/h4-16,20,27-29,31-32,42H,17-19,21H2,1-3H3. The summed E-state index contributed by atoms with van der Waals surface area (Å²) in [6.45, 7) is 5.40. The van der Waals surface area contributed by atoms with Gasteiger partial charge in [0.15, 0.2) is 0 Å². The number of likely N-dealkylation sites (tertiary alicyclic amines) is 1. The molecule has 0 bridgehead atoms. The molecule has 47 heavy (non-hydrogen) atoms. The summed E-state index contributed by atoms with van der Waals surface area (Å²) in [5, 5.41) is 10.1. The molecule has 9 heteroatoms. The summed E-state index contributed by atoms with van der Waals surface area (Å²) >= 11 is 6.39. The van der Waals surface area contributed by atoms with Crippen LogP contribution in [0.5, 0.6) is 5.75 Å². The number of carbonyl (C=O) groups excluding carboxylic acids is 4. The van der Waals surface area contributed by atoms with Gasteiger partial charge in [0.2, 0.25) is 23.6 Å². The van der Waals surface area contributed by atoms with Crippen molar-refractivity contribution in [1.82, 2.24) is 4.90 Å². The number of rotatable bonds is 6. The van der Waals surface area contributed by atoms with Crippen molar-refractivity contribution in [2.24, 2.45) is 23.7 Å². The van der Waals surface area contributed by atoms with Gasteiger partial charge >= 0.3 is 0 Å². The van der Waals surface area contributed by atoms with Gasteiger partial charge in [0.1, 0.15) is 12.4 Å². The van der Waals surface area contributed by atoms with E-state index in [-0.39, 0.29) is 43.3 Å². The summed E-state index contributed by atoms with van der Waals surface area (Å²) in [4.78, 5) is 60.8. The molecule has 0 aromatic heterocycles. The van der Waals surface area contributed by atoms with Gasteiger partial charge in [0, 0.05) is 22.0 Å². The van der Waals surface area contributed by atoms with Crippen LogP contribution >= 0.6 is 11.6 Å². The molecule has 4 amide bonds. The van der Waals surface area contributed by atoms with Crippen LogP contribution in [-0.2, 0) is 24.6 Å². The van der Waals surface area contributed by atoms with Crippen molar-refractivity contribution in [3.8, 4) is 5.75 Å². The summed E-state index contributed by atoms with van der Waals surface area (Å²) < 4.78 is 6.09. The van der Waals surface area contributed by atoms with Crippen molar-refractivity contribution >= 4 is 40.9 Å². The minimum Gasteiger partial charge on any atom is -0.491 e. The van der Waals surface area contributed by atoms with Crippen LogP contribution in [0.25, 0.3) is 0 Å². The number of amides is 4.